The number of halogens is 1. The van der Waals surface area contributed by atoms with Crippen LogP contribution < -0.4 is 4.74 Å². The highest BCUT2D eigenvalue weighted by molar-refractivity contribution is 7.99. The molecule has 0 N–H and O–H groups in total. The summed E-state index contributed by atoms with van der Waals surface area (Å²) in [5.41, 5.74) is 2.91. The summed E-state index contributed by atoms with van der Waals surface area (Å²) in [6, 6.07) is 15.7. The maximum atomic E-state index is 6.18. The monoisotopic (exact) mass is 446 g/mol. The predicted molar refractivity (Wildman–Crippen MR) is 128 cm³/mol. The molecular weight excluding hydrogens is 420 g/mol. The minimum absolute atomic E-state index is 0.501. The quantitative estimate of drug-likeness (QED) is 0.225. The van der Waals surface area contributed by atoms with Gasteiger partial charge in [0.05, 0.1) is 0 Å². The van der Waals surface area contributed by atoms with Crippen molar-refractivity contribution in [3.63, 3.8) is 0 Å². The number of thiol groups is 1. The van der Waals surface area contributed by atoms with Gasteiger partial charge in [0.15, 0.2) is 5.16 Å². The molecule has 2 aromatic carbocycles. The molecule has 0 unspecified atom stereocenters. The molecule has 0 aliphatic heterocycles. The first-order chi connectivity index (χ1) is 14.2. The van der Waals surface area contributed by atoms with Crippen molar-refractivity contribution in [2.24, 2.45) is 0 Å². The van der Waals surface area contributed by atoms with Crippen LogP contribution in [-0.4, -0.2) is 21.5 Å². The molecule has 0 radical (unpaired) electrons. The highest BCUT2D eigenvalue weighted by Crippen LogP contribution is 2.33. The Balaban J connectivity index is 0.000000687. The van der Waals surface area contributed by atoms with Gasteiger partial charge in [-0.2, -0.15) is 12.6 Å². The second-order valence-corrected chi connectivity index (χ2v) is 8.19. The van der Waals surface area contributed by atoms with Crippen LogP contribution in [0.1, 0.15) is 32.3 Å². The third kappa shape index (κ3) is 8.29. The smallest absolute Gasteiger partial charge is 0.187 e. The van der Waals surface area contributed by atoms with E-state index in [1.807, 2.05) is 60.9 Å². The number of hydrogen-bond acceptors (Lipinski definition) is 5. The van der Waals surface area contributed by atoms with Crippen molar-refractivity contribution in [2.45, 2.75) is 38.5 Å². The van der Waals surface area contributed by atoms with Gasteiger partial charge in [-0.05, 0) is 42.4 Å². The fourth-order valence-corrected chi connectivity index (χ4v) is 3.13. The van der Waals surface area contributed by atoms with Crippen molar-refractivity contribution >= 4 is 36.0 Å². The Bertz CT molecular complexity index is 843. The zero-order chi connectivity index (χ0) is 20.9. The number of rotatable bonds is 8. The summed E-state index contributed by atoms with van der Waals surface area (Å²) in [4.78, 5) is 8.87. The van der Waals surface area contributed by atoms with Gasteiger partial charge in [-0.15, -0.1) is 0 Å². The number of ether oxygens (including phenoxy) is 1. The van der Waals surface area contributed by atoms with Gasteiger partial charge in [-0.25, -0.2) is 9.97 Å². The molecule has 3 nitrogen and oxygen atoms in total. The average Bonchev–Trinajstić information content (AvgIpc) is 2.78. The van der Waals surface area contributed by atoms with Crippen LogP contribution >= 0.6 is 36.0 Å². The molecule has 0 saturated heterocycles. The molecule has 6 heteroatoms. The molecule has 0 atom stereocenters. The largest absolute Gasteiger partial charge is 0.488 e. The molecule has 0 amide bonds. The van der Waals surface area contributed by atoms with Crippen molar-refractivity contribution in [3.8, 4) is 16.9 Å². The summed E-state index contributed by atoms with van der Waals surface area (Å²) in [6.45, 7) is 4.75. The third-order valence-corrected chi connectivity index (χ3v) is 5.54. The molecule has 0 bridgehead atoms. The standard InChI is InChI=1S/C20H19ClN2OS.C3H8S/c1-2-10-25-20-22-12-16(13-23-20)18-11-17(21)8-9-19(18)24-14-15-6-4-3-5-7-15;1-2-3-4/h3-9,11-13H,2,10,14H2,1H3;4H,2-3H2,1H3. The van der Waals surface area contributed by atoms with Gasteiger partial charge >= 0.3 is 0 Å². The van der Waals surface area contributed by atoms with Gasteiger partial charge < -0.3 is 4.74 Å². The molecular formula is C23H27ClN2OS2. The van der Waals surface area contributed by atoms with Crippen LogP contribution in [0.5, 0.6) is 5.75 Å². The summed E-state index contributed by atoms with van der Waals surface area (Å²) >= 11 is 11.8. The Morgan fingerprint density at radius 1 is 1.00 bits per heavy atom. The zero-order valence-electron chi connectivity index (χ0n) is 16.8. The topological polar surface area (TPSA) is 35.0 Å². The fraction of sp³-hybridized carbons (Fsp3) is 0.304. The number of hydrogen-bond donors (Lipinski definition) is 1. The summed E-state index contributed by atoms with van der Waals surface area (Å²) in [7, 11) is 0. The van der Waals surface area contributed by atoms with Crippen LogP contribution in [0.2, 0.25) is 5.02 Å². The number of aromatic nitrogens is 2. The predicted octanol–water partition coefficient (Wildman–Crippen LogP) is 7.20. The molecule has 1 heterocycles. The Morgan fingerprint density at radius 2 is 1.69 bits per heavy atom. The van der Waals surface area contributed by atoms with Gasteiger partial charge in [0, 0.05) is 34.3 Å². The van der Waals surface area contributed by atoms with E-state index in [1.165, 1.54) is 6.42 Å². The second-order valence-electron chi connectivity index (χ2n) is 6.24. The van der Waals surface area contributed by atoms with Gasteiger partial charge in [0.1, 0.15) is 12.4 Å². The highest BCUT2D eigenvalue weighted by Gasteiger charge is 2.09. The SMILES string of the molecule is CCCS.CCCSc1ncc(-c2cc(Cl)ccc2OCc2ccccc2)cn1. The van der Waals surface area contributed by atoms with E-state index in [0.717, 1.165) is 45.5 Å². The lowest BCUT2D eigenvalue weighted by Gasteiger charge is -2.12. The van der Waals surface area contributed by atoms with E-state index >= 15 is 0 Å². The molecule has 0 saturated carbocycles. The summed E-state index contributed by atoms with van der Waals surface area (Å²) in [5, 5.41) is 1.45. The molecule has 29 heavy (non-hydrogen) atoms. The van der Waals surface area contributed by atoms with Crippen molar-refractivity contribution in [3.05, 3.63) is 71.5 Å². The van der Waals surface area contributed by atoms with Gasteiger partial charge in [-0.1, -0.05) is 67.5 Å². The Morgan fingerprint density at radius 3 is 2.31 bits per heavy atom. The highest BCUT2D eigenvalue weighted by atomic mass is 35.5. The average molecular weight is 447 g/mol. The van der Waals surface area contributed by atoms with Crippen LogP contribution in [0, 0.1) is 0 Å². The van der Waals surface area contributed by atoms with E-state index in [1.54, 1.807) is 11.8 Å². The first-order valence-electron chi connectivity index (χ1n) is 9.70. The van der Waals surface area contributed by atoms with Crippen molar-refractivity contribution in [2.75, 3.05) is 11.5 Å². The van der Waals surface area contributed by atoms with E-state index in [9.17, 15) is 0 Å². The molecule has 0 spiro atoms. The fourth-order valence-electron chi connectivity index (χ4n) is 2.31. The van der Waals surface area contributed by atoms with Gasteiger partial charge in [0.2, 0.25) is 0 Å². The number of benzene rings is 2. The lowest BCUT2D eigenvalue weighted by Crippen LogP contribution is -1.97. The van der Waals surface area contributed by atoms with E-state index < -0.39 is 0 Å². The molecule has 154 valence electrons. The first-order valence-corrected chi connectivity index (χ1v) is 11.7. The van der Waals surface area contributed by atoms with Crippen molar-refractivity contribution < 1.29 is 4.74 Å². The summed E-state index contributed by atoms with van der Waals surface area (Å²) < 4.78 is 6.01. The molecule has 3 rings (SSSR count). The molecule has 1 aromatic heterocycles. The lowest BCUT2D eigenvalue weighted by atomic mass is 10.1. The lowest BCUT2D eigenvalue weighted by molar-refractivity contribution is 0.307. The maximum Gasteiger partial charge on any atom is 0.187 e. The molecule has 0 aliphatic carbocycles. The summed E-state index contributed by atoms with van der Waals surface area (Å²) in [5.74, 6) is 2.80. The van der Waals surface area contributed by atoms with E-state index in [0.29, 0.717) is 11.6 Å². The van der Waals surface area contributed by atoms with Gasteiger partial charge in [0.25, 0.3) is 0 Å². The number of nitrogens with zero attached hydrogens (tertiary/aromatic N) is 2. The normalized spacial score (nSPS) is 10.2. The maximum absolute atomic E-state index is 6.18. The Labute approximate surface area is 188 Å². The van der Waals surface area contributed by atoms with Crippen LogP contribution in [0.15, 0.2) is 66.1 Å². The van der Waals surface area contributed by atoms with Crippen LogP contribution in [0.25, 0.3) is 11.1 Å². The molecule has 0 fully saturated rings. The first kappa shape index (κ1) is 23.6. The number of thioether (sulfide) groups is 1. The van der Waals surface area contributed by atoms with Crippen LogP contribution in [0.3, 0.4) is 0 Å². The summed E-state index contributed by atoms with van der Waals surface area (Å²) in [6.07, 6.45) is 5.93. The second kappa shape index (κ2) is 13.5. The van der Waals surface area contributed by atoms with Crippen molar-refractivity contribution in [1.82, 2.24) is 9.97 Å². The van der Waals surface area contributed by atoms with Gasteiger partial charge in [-0.3, -0.25) is 0 Å². The minimum atomic E-state index is 0.501. The van der Waals surface area contributed by atoms with E-state index in [4.69, 9.17) is 16.3 Å². The van der Waals surface area contributed by atoms with Crippen LogP contribution in [-0.2, 0) is 6.61 Å². The minimum Gasteiger partial charge on any atom is -0.488 e. The Hall–Kier alpha value is -1.69. The zero-order valence-corrected chi connectivity index (χ0v) is 19.3. The van der Waals surface area contributed by atoms with Crippen LogP contribution in [0.4, 0.5) is 0 Å². The molecule has 0 aliphatic rings. The van der Waals surface area contributed by atoms with Crippen molar-refractivity contribution in [1.29, 1.82) is 0 Å². The Kier molecular flexibility index (Phi) is 11.0. The third-order valence-electron chi connectivity index (χ3n) is 3.78. The van der Waals surface area contributed by atoms with E-state index in [2.05, 4.69) is 36.4 Å². The van der Waals surface area contributed by atoms with E-state index in [-0.39, 0.29) is 0 Å². The molecule has 3 aromatic rings.